The number of anilines is 2. The zero-order chi connectivity index (χ0) is 19.6. The Labute approximate surface area is 164 Å². The van der Waals surface area contributed by atoms with E-state index in [0.717, 1.165) is 5.69 Å². The van der Waals surface area contributed by atoms with Gasteiger partial charge in [-0.05, 0) is 43.3 Å². The van der Waals surface area contributed by atoms with Crippen molar-refractivity contribution in [3.63, 3.8) is 0 Å². The van der Waals surface area contributed by atoms with Crippen molar-refractivity contribution < 1.29 is 27.4 Å². The first-order chi connectivity index (χ1) is 12.8. The molecule has 0 spiro atoms. The van der Waals surface area contributed by atoms with Crippen molar-refractivity contribution in [2.45, 2.75) is 13.3 Å². The highest BCUT2D eigenvalue weighted by Gasteiger charge is 2.31. The number of aromatic nitrogens is 2. The Hall–Kier alpha value is -3.07. The lowest BCUT2D eigenvalue weighted by Gasteiger charge is -2.14. The largest absolute Gasteiger partial charge is 0.573 e. The molecular formula is C18H15ClF3N3O3. The summed E-state index contributed by atoms with van der Waals surface area (Å²) in [6.07, 6.45) is -3.43. The highest BCUT2D eigenvalue weighted by molar-refractivity contribution is 6.05. The zero-order valence-corrected chi connectivity index (χ0v) is 15.5. The van der Waals surface area contributed by atoms with Crippen LogP contribution in [0.5, 0.6) is 5.75 Å². The number of methoxy groups -OCH3 is 1. The maximum atomic E-state index is 12.3. The second kappa shape index (κ2) is 8.30. The number of carbonyl (C=O) groups is 1. The Morgan fingerprint density at radius 3 is 2.39 bits per heavy atom. The number of aryl methyl sites for hydroxylation is 1. The highest BCUT2D eigenvalue weighted by atomic mass is 35.5. The van der Waals surface area contributed by atoms with E-state index in [9.17, 15) is 18.0 Å². The van der Waals surface area contributed by atoms with E-state index in [1.54, 1.807) is 12.1 Å². The van der Waals surface area contributed by atoms with Crippen molar-refractivity contribution in [3.8, 4) is 5.75 Å². The molecule has 0 fully saturated rings. The predicted octanol–water partition coefficient (Wildman–Crippen LogP) is 4.79. The quantitative estimate of drug-likeness (QED) is 0.620. The van der Waals surface area contributed by atoms with Crippen LogP contribution < -0.4 is 10.1 Å². The molecule has 3 rings (SSSR count). The zero-order valence-electron chi connectivity index (χ0n) is 14.7. The van der Waals surface area contributed by atoms with Gasteiger partial charge in [-0.1, -0.05) is 0 Å². The van der Waals surface area contributed by atoms with Crippen LogP contribution in [0.3, 0.4) is 0 Å². The SMILES string of the molecule is COC(=O)c1cnc2nc(C)ccc2c1Nc1ccc(OC(F)(F)F)cc1.Cl. The number of rotatable bonds is 4. The summed E-state index contributed by atoms with van der Waals surface area (Å²) in [5.41, 5.74) is 2.18. The van der Waals surface area contributed by atoms with Gasteiger partial charge in [0.05, 0.1) is 12.8 Å². The lowest BCUT2D eigenvalue weighted by molar-refractivity contribution is -0.274. The molecule has 3 aromatic rings. The van der Waals surface area contributed by atoms with Crippen LogP contribution in [0.15, 0.2) is 42.6 Å². The molecule has 1 N–H and O–H groups in total. The third kappa shape index (κ3) is 4.80. The van der Waals surface area contributed by atoms with Gasteiger partial charge in [0.25, 0.3) is 0 Å². The average molecular weight is 414 g/mol. The number of nitrogens with one attached hydrogen (secondary N) is 1. The first kappa shape index (κ1) is 21.2. The van der Waals surface area contributed by atoms with E-state index in [1.807, 2.05) is 6.92 Å². The number of halogens is 4. The van der Waals surface area contributed by atoms with E-state index in [1.165, 1.54) is 37.6 Å². The minimum atomic E-state index is -4.77. The van der Waals surface area contributed by atoms with E-state index in [4.69, 9.17) is 4.74 Å². The summed E-state index contributed by atoms with van der Waals surface area (Å²) >= 11 is 0. The molecule has 0 amide bonds. The van der Waals surface area contributed by atoms with Crippen molar-refractivity contribution in [1.82, 2.24) is 9.97 Å². The first-order valence-corrected chi connectivity index (χ1v) is 7.74. The smallest absolute Gasteiger partial charge is 0.465 e. The molecule has 0 unspecified atom stereocenters. The fourth-order valence-corrected chi connectivity index (χ4v) is 2.46. The predicted molar refractivity (Wildman–Crippen MR) is 99.3 cm³/mol. The van der Waals surface area contributed by atoms with Crippen LogP contribution in [0.2, 0.25) is 0 Å². The van der Waals surface area contributed by atoms with Gasteiger partial charge in [0.1, 0.15) is 11.3 Å². The lowest BCUT2D eigenvalue weighted by atomic mass is 10.1. The second-order valence-corrected chi connectivity index (χ2v) is 5.56. The van der Waals surface area contributed by atoms with Crippen molar-refractivity contribution >= 4 is 40.8 Å². The number of carbonyl (C=O) groups excluding carboxylic acids is 1. The van der Waals surface area contributed by atoms with Gasteiger partial charge in [-0.15, -0.1) is 25.6 Å². The fourth-order valence-electron chi connectivity index (χ4n) is 2.46. The molecule has 0 radical (unpaired) electrons. The van der Waals surface area contributed by atoms with Crippen molar-refractivity contribution in [2.24, 2.45) is 0 Å². The third-order valence-corrected chi connectivity index (χ3v) is 3.63. The van der Waals surface area contributed by atoms with Crippen LogP contribution in [0, 0.1) is 6.92 Å². The molecule has 1 aromatic carbocycles. The van der Waals surface area contributed by atoms with Crippen molar-refractivity contribution in [2.75, 3.05) is 12.4 Å². The van der Waals surface area contributed by atoms with E-state index in [2.05, 4.69) is 20.0 Å². The molecule has 2 heterocycles. The maximum Gasteiger partial charge on any atom is 0.573 e. The number of hydrogen-bond donors (Lipinski definition) is 1. The first-order valence-electron chi connectivity index (χ1n) is 7.74. The monoisotopic (exact) mass is 413 g/mol. The number of esters is 1. The molecule has 0 saturated carbocycles. The van der Waals surface area contributed by atoms with Gasteiger partial charge in [0.15, 0.2) is 5.65 Å². The van der Waals surface area contributed by atoms with E-state index < -0.39 is 12.3 Å². The summed E-state index contributed by atoms with van der Waals surface area (Å²) in [6, 6.07) is 8.64. The molecule has 148 valence electrons. The minimum Gasteiger partial charge on any atom is -0.465 e. The lowest BCUT2D eigenvalue weighted by Crippen LogP contribution is -2.17. The average Bonchev–Trinajstić information content (AvgIpc) is 2.61. The number of fused-ring (bicyclic) bond motifs is 1. The summed E-state index contributed by atoms with van der Waals surface area (Å²) in [5, 5.41) is 3.59. The molecule has 0 saturated heterocycles. The summed E-state index contributed by atoms with van der Waals surface area (Å²) in [6.45, 7) is 1.81. The molecular weight excluding hydrogens is 399 g/mol. The van der Waals surface area contributed by atoms with Crippen LogP contribution >= 0.6 is 12.4 Å². The molecule has 0 bridgehead atoms. The van der Waals surface area contributed by atoms with Crippen LogP contribution in [0.4, 0.5) is 24.5 Å². The van der Waals surface area contributed by atoms with Gasteiger partial charge >= 0.3 is 12.3 Å². The highest BCUT2D eigenvalue weighted by Crippen LogP contribution is 2.30. The normalized spacial score (nSPS) is 10.9. The number of pyridine rings is 2. The van der Waals surface area contributed by atoms with Gasteiger partial charge in [0, 0.05) is 23.0 Å². The Morgan fingerprint density at radius 1 is 1.11 bits per heavy atom. The fraction of sp³-hybridized carbons (Fsp3) is 0.167. The Bertz CT molecular complexity index is 995. The molecule has 10 heteroatoms. The Balaban J connectivity index is 0.00000280. The summed E-state index contributed by atoms with van der Waals surface area (Å²) in [5.74, 6) is -0.956. The van der Waals surface area contributed by atoms with Gasteiger partial charge in [-0.25, -0.2) is 14.8 Å². The minimum absolute atomic E-state index is 0. The second-order valence-electron chi connectivity index (χ2n) is 5.56. The van der Waals surface area contributed by atoms with Crippen LogP contribution in [0.1, 0.15) is 16.1 Å². The van der Waals surface area contributed by atoms with Crippen LogP contribution in [0.25, 0.3) is 11.0 Å². The van der Waals surface area contributed by atoms with Crippen LogP contribution in [-0.4, -0.2) is 29.4 Å². The van der Waals surface area contributed by atoms with Gasteiger partial charge in [-0.2, -0.15) is 0 Å². The Morgan fingerprint density at radius 2 is 1.79 bits per heavy atom. The third-order valence-electron chi connectivity index (χ3n) is 3.63. The van der Waals surface area contributed by atoms with Crippen molar-refractivity contribution in [1.29, 1.82) is 0 Å². The van der Waals surface area contributed by atoms with E-state index in [-0.39, 0.29) is 23.7 Å². The standard InChI is InChI=1S/C18H14F3N3O3.ClH/c1-10-3-8-13-15(14(17(25)26-2)9-22-16(13)23-10)24-11-4-6-12(7-5-11)27-18(19,20)21;/h3-9H,1-2H3,(H,22,23,24);1H. The topological polar surface area (TPSA) is 73.3 Å². The van der Waals surface area contributed by atoms with Crippen molar-refractivity contribution in [3.05, 3.63) is 53.9 Å². The number of nitrogens with zero attached hydrogens (tertiary/aromatic N) is 2. The summed E-state index contributed by atoms with van der Waals surface area (Å²) in [4.78, 5) is 20.6. The van der Waals surface area contributed by atoms with E-state index in [0.29, 0.717) is 22.4 Å². The summed E-state index contributed by atoms with van der Waals surface area (Å²) in [7, 11) is 1.24. The number of hydrogen-bond acceptors (Lipinski definition) is 6. The van der Waals surface area contributed by atoms with Gasteiger partial charge in [-0.3, -0.25) is 0 Å². The number of benzene rings is 1. The maximum absolute atomic E-state index is 12.3. The van der Waals surface area contributed by atoms with Gasteiger partial charge < -0.3 is 14.8 Å². The van der Waals surface area contributed by atoms with Crippen LogP contribution in [-0.2, 0) is 4.74 Å². The van der Waals surface area contributed by atoms with E-state index >= 15 is 0 Å². The molecule has 0 aliphatic carbocycles. The van der Waals surface area contributed by atoms with Gasteiger partial charge in [0.2, 0.25) is 0 Å². The molecule has 6 nitrogen and oxygen atoms in total. The molecule has 0 aliphatic heterocycles. The number of ether oxygens (including phenoxy) is 2. The summed E-state index contributed by atoms with van der Waals surface area (Å²) < 4.78 is 45.4. The molecule has 0 atom stereocenters. The molecule has 2 aromatic heterocycles. The number of alkyl halides is 3. The Kier molecular flexibility index (Phi) is 6.30. The molecule has 28 heavy (non-hydrogen) atoms. The molecule has 0 aliphatic rings.